The van der Waals surface area contributed by atoms with Crippen LogP contribution in [0.25, 0.3) is 0 Å². The summed E-state index contributed by atoms with van der Waals surface area (Å²) >= 11 is 0. The van der Waals surface area contributed by atoms with Gasteiger partial charge in [0, 0.05) is 0 Å². The average Bonchev–Trinajstić information content (AvgIpc) is 2.28. The molecule has 0 bridgehead atoms. The van der Waals surface area contributed by atoms with Crippen molar-refractivity contribution in [2.24, 2.45) is 0 Å². The smallest absolute Gasteiger partial charge is 0.207 e. The Morgan fingerprint density at radius 3 is 2.38 bits per heavy atom. The molecule has 0 saturated carbocycles. The summed E-state index contributed by atoms with van der Waals surface area (Å²) in [7, 11) is -3.57. The summed E-state index contributed by atoms with van der Waals surface area (Å²) in [6.07, 6.45) is 0.863. The highest BCUT2D eigenvalue weighted by atomic mass is 32.2. The summed E-state index contributed by atoms with van der Waals surface area (Å²) in [5.41, 5.74) is 1.08. The van der Waals surface area contributed by atoms with E-state index in [1.807, 2.05) is 13.0 Å². The SMILES string of the molecule is CCc1ccc(S(=O)(=O)NC(C)C#N)cc1. The highest BCUT2D eigenvalue weighted by molar-refractivity contribution is 7.89. The summed E-state index contributed by atoms with van der Waals surface area (Å²) in [6, 6.07) is 7.73. The third-order valence-electron chi connectivity index (χ3n) is 2.17. The van der Waals surface area contributed by atoms with Gasteiger partial charge in [0.1, 0.15) is 6.04 Å². The van der Waals surface area contributed by atoms with Crippen molar-refractivity contribution < 1.29 is 8.42 Å². The fourth-order valence-corrected chi connectivity index (χ4v) is 2.38. The first-order valence-electron chi connectivity index (χ1n) is 5.00. The maximum Gasteiger partial charge on any atom is 0.241 e. The van der Waals surface area contributed by atoms with Gasteiger partial charge in [0.25, 0.3) is 0 Å². The number of sulfonamides is 1. The molecule has 1 aromatic carbocycles. The quantitative estimate of drug-likeness (QED) is 0.862. The minimum atomic E-state index is -3.57. The Morgan fingerprint density at radius 2 is 1.94 bits per heavy atom. The number of nitrogens with one attached hydrogen (secondary N) is 1. The fourth-order valence-electron chi connectivity index (χ4n) is 1.23. The van der Waals surface area contributed by atoms with Gasteiger partial charge in [-0.25, -0.2) is 8.42 Å². The molecule has 1 rings (SSSR count). The second-order valence-electron chi connectivity index (χ2n) is 3.47. The zero-order chi connectivity index (χ0) is 12.2. The number of benzene rings is 1. The lowest BCUT2D eigenvalue weighted by molar-refractivity contribution is 0.577. The third-order valence-corrected chi connectivity index (χ3v) is 3.72. The molecule has 0 heterocycles. The van der Waals surface area contributed by atoms with E-state index in [9.17, 15) is 8.42 Å². The normalized spacial score (nSPS) is 13.1. The second-order valence-corrected chi connectivity index (χ2v) is 5.18. The number of nitriles is 1. The first-order chi connectivity index (χ1) is 7.49. The summed E-state index contributed by atoms with van der Waals surface area (Å²) in [6.45, 7) is 3.50. The molecule has 1 atom stereocenters. The minimum absolute atomic E-state index is 0.187. The monoisotopic (exact) mass is 238 g/mol. The number of rotatable bonds is 4. The molecule has 1 aromatic rings. The maximum absolute atomic E-state index is 11.7. The number of hydrogen-bond acceptors (Lipinski definition) is 3. The molecule has 4 nitrogen and oxygen atoms in total. The van der Waals surface area contributed by atoms with Crippen LogP contribution in [-0.2, 0) is 16.4 Å². The van der Waals surface area contributed by atoms with Crippen LogP contribution >= 0.6 is 0 Å². The molecule has 0 aromatic heterocycles. The first-order valence-corrected chi connectivity index (χ1v) is 6.49. The predicted molar refractivity (Wildman–Crippen MR) is 61.2 cm³/mol. The Balaban J connectivity index is 2.95. The third kappa shape index (κ3) is 3.05. The molecule has 1 N–H and O–H groups in total. The number of nitrogens with zero attached hydrogens (tertiary/aromatic N) is 1. The summed E-state index contributed by atoms with van der Waals surface area (Å²) < 4.78 is 25.7. The standard InChI is InChI=1S/C11H14N2O2S/c1-3-10-4-6-11(7-5-10)16(14,15)13-9(2)8-12/h4-7,9,13H,3H2,1-2H3. The van der Waals surface area contributed by atoms with Crippen LogP contribution in [0.4, 0.5) is 0 Å². The summed E-state index contributed by atoms with van der Waals surface area (Å²) in [4.78, 5) is 0.187. The van der Waals surface area contributed by atoms with Crippen molar-refractivity contribution in [3.63, 3.8) is 0 Å². The zero-order valence-electron chi connectivity index (χ0n) is 9.27. The van der Waals surface area contributed by atoms with Crippen molar-refractivity contribution in [2.45, 2.75) is 31.2 Å². The van der Waals surface area contributed by atoms with E-state index < -0.39 is 16.1 Å². The maximum atomic E-state index is 11.7. The van der Waals surface area contributed by atoms with Crippen LogP contribution in [-0.4, -0.2) is 14.5 Å². The second kappa shape index (κ2) is 5.10. The molecule has 0 aliphatic carbocycles. The van der Waals surface area contributed by atoms with Gasteiger partial charge in [-0.05, 0) is 31.0 Å². The van der Waals surface area contributed by atoms with Gasteiger partial charge in [0.15, 0.2) is 0 Å². The minimum Gasteiger partial charge on any atom is -0.207 e. The van der Waals surface area contributed by atoms with E-state index in [1.54, 1.807) is 24.3 Å². The van der Waals surface area contributed by atoms with Gasteiger partial charge in [-0.1, -0.05) is 19.1 Å². The predicted octanol–water partition coefficient (Wildman–Crippen LogP) is 1.44. The average molecular weight is 238 g/mol. The van der Waals surface area contributed by atoms with Gasteiger partial charge >= 0.3 is 0 Å². The lowest BCUT2D eigenvalue weighted by atomic mass is 10.2. The van der Waals surface area contributed by atoms with Gasteiger partial charge in [0.05, 0.1) is 11.0 Å². The Kier molecular flexibility index (Phi) is 4.05. The largest absolute Gasteiger partial charge is 0.241 e. The van der Waals surface area contributed by atoms with Crippen LogP contribution in [0.15, 0.2) is 29.2 Å². The van der Waals surface area contributed by atoms with Gasteiger partial charge in [-0.15, -0.1) is 0 Å². The Bertz CT molecular complexity index is 486. The highest BCUT2D eigenvalue weighted by Crippen LogP contribution is 2.11. The zero-order valence-corrected chi connectivity index (χ0v) is 10.1. The topological polar surface area (TPSA) is 70.0 Å². The highest BCUT2D eigenvalue weighted by Gasteiger charge is 2.16. The van der Waals surface area contributed by atoms with Gasteiger partial charge in [-0.2, -0.15) is 9.98 Å². The molecule has 0 fully saturated rings. The molecule has 0 spiro atoms. The lowest BCUT2D eigenvalue weighted by Gasteiger charge is -2.08. The summed E-state index contributed by atoms with van der Waals surface area (Å²) in [5.74, 6) is 0. The lowest BCUT2D eigenvalue weighted by Crippen LogP contribution is -2.31. The van der Waals surface area contributed by atoms with Crippen LogP contribution in [0.5, 0.6) is 0 Å². The molecule has 86 valence electrons. The van der Waals surface area contributed by atoms with Gasteiger partial charge in [0.2, 0.25) is 10.0 Å². The van der Waals surface area contributed by atoms with Crippen molar-refractivity contribution in [1.82, 2.24) is 4.72 Å². The van der Waals surface area contributed by atoms with Crippen molar-refractivity contribution in [3.8, 4) is 6.07 Å². The van der Waals surface area contributed by atoms with Crippen molar-refractivity contribution in [3.05, 3.63) is 29.8 Å². The first kappa shape index (κ1) is 12.7. The molecular formula is C11H14N2O2S. The molecule has 5 heteroatoms. The van der Waals surface area contributed by atoms with Crippen LogP contribution in [0, 0.1) is 11.3 Å². The van der Waals surface area contributed by atoms with E-state index in [0.717, 1.165) is 12.0 Å². The van der Waals surface area contributed by atoms with E-state index in [2.05, 4.69) is 4.72 Å². The number of hydrogen-bond donors (Lipinski definition) is 1. The van der Waals surface area contributed by atoms with Crippen LogP contribution < -0.4 is 4.72 Å². The van der Waals surface area contributed by atoms with E-state index in [0.29, 0.717) is 0 Å². The van der Waals surface area contributed by atoms with Crippen molar-refractivity contribution in [2.75, 3.05) is 0 Å². The Hall–Kier alpha value is -1.38. The van der Waals surface area contributed by atoms with Crippen molar-refractivity contribution in [1.29, 1.82) is 5.26 Å². The summed E-state index contributed by atoms with van der Waals surface area (Å²) in [5, 5.41) is 8.55. The van der Waals surface area contributed by atoms with Crippen LogP contribution in [0.2, 0.25) is 0 Å². The van der Waals surface area contributed by atoms with E-state index in [-0.39, 0.29) is 4.90 Å². The molecule has 0 radical (unpaired) electrons. The molecule has 0 aliphatic rings. The van der Waals surface area contributed by atoms with E-state index in [4.69, 9.17) is 5.26 Å². The van der Waals surface area contributed by atoms with E-state index in [1.165, 1.54) is 6.92 Å². The Morgan fingerprint density at radius 1 is 1.38 bits per heavy atom. The van der Waals surface area contributed by atoms with Gasteiger partial charge in [-0.3, -0.25) is 0 Å². The molecule has 16 heavy (non-hydrogen) atoms. The molecular weight excluding hydrogens is 224 g/mol. The van der Waals surface area contributed by atoms with Crippen LogP contribution in [0.1, 0.15) is 19.4 Å². The number of aryl methyl sites for hydroxylation is 1. The molecule has 0 saturated heterocycles. The van der Waals surface area contributed by atoms with E-state index >= 15 is 0 Å². The fraction of sp³-hybridized carbons (Fsp3) is 0.364. The Labute approximate surface area is 96.0 Å². The van der Waals surface area contributed by atoms with Crippen LogP contribution in [0.3, 0.4) is 0 Å². The molecule has 0 amide bonds. The van der Waals surface area contributed by atoms with Crippen molar-refractivity contribution >= 4 is 10.0 Å². The molecule has 1 unspecified atom stereocenters. The van der Waals surface area contributed by atoms with Gasteiger partial charge < -0.3 is 0 Å². The molecule has 0 aliphatic heterocycles.